The zero-order chi connectivity index (χ0) is 9.84. The fourth-order valence-electron chi connectivity index (χ4n) is 1.25. The molecule has 0 bridgehead atoms. The molecule has 0 saturated heterocycles. The predicted octanol–water partition coefficient (Wildman–Crippen LogP) is 2.11. The van der Waals surface area contributed by atoms with Crippen molar-refractivity contribution in [2.75, 3.05) is 0 Å². The molecule has 3 nitrogen and oxygen atoms in total. The van der Waals surface area contributed by atoms with Gasteiger partial charge >= 0.3 is 0 Å². The smallest absolute Gasteiger partial charge is 0.133 e. The van der Waals surface area contributed by atoms with E-state index in [-0.39, 0.29) is 5.92 Å². The lowest BCUT2D eigenvalue weighted by Gasteiger charge is -2.15. The van der Waals surface area contributed by atoms with Crippen LogP contribution in [0.1, 0.15) is 32.0 Å². The molecule has 0 aliphatic carbocycles. The van der Waals surface area contributed by atoms with Crippen LogP contribution in [0.2, 0.25) is 0 Å². The Labute approximate surface area is 86.4 Å². The summed E-state index contributed by atoms with van der Waals surface area (Å²) in [6.45, 7) is 3.78. The molecule has 0 aliphatic rings. The molecule has 1 aromatic heterocycles. The Bertz CT molecular complexity index is 261. The summed E-state index contributed by atoms with van der Waals surface area (Å²) in [6, 6.07) is 0. The highest BCUT2D eigenvalue weighted by Gasteiger charge is 2.17. The fourth-order valence-corrected chi connectivity index (χ4v) is 1.46. The molecule has 0 aromatic carbocycles. The number of hydrogen-bond acceptors (Lipinski definition) is 3. The van der Waals surface area contributed by atoms with Crippen LogP contribution in [0, 0.1) is 0 Å². The van der Waals surface area contributed by atoms with Crippen LogP contribution in [0.15, 0.2) is 16.9 Å². The first-order valence-electron chi connectivity index (χ1n) is 4.30. The molecule has 13 heavy (non-hydrogen) atoms. The molecular formula is C9H13BrN2O. The van der Waals surface area contributed by atoms with E-state index in [2.05, 4.69) is 25.9 Å². The van der Waals surface area contributed by atoms with Gasteiger partial charge in [-0.2, -0.15) is 0 Å². The van der Waals surface area contributed by atoms with Gasteiger partial charge in [-0.25, -0.2) is 9.97 Å². The van der Waals surface area contributed by atoms with Crippen LogP contribution in [-0.2, 0) is 0 Å². The summed E-state index contributed by atoms with van der Waals surface area (Å²) >= 11 is 3.27. The van der Waals surface area contributed by atoms with Crippen molar-refractivity contribution in [1.29, 1.82) is 0 Å². The normalized spacial score (nSPS) is 15.4. The molecule has 1 N–H and O–H groups in total. The van der Waals surface area contributed by atoms with Crippen LogP contribution in [0.5, 0.6) is 0 Å². The van der Waals surface area contributed by atoms with Gasteiger partial charge in [-0.3, -0.25) is 0 Å². The summed E-state index contributed by atoms with van der Waals surface area (Å²) < 4.78 is 0.858. The topological polar surface area (TPSA) is 46.0 Å². The van der Waals surface area contributed by atoms with Gasteiger partial charge in [0.2, 0.25) is 0 Å². The second kappa shape index (κ2) is 4.67. The molecule has 2 unspecified atom stereocenters. The van der Waals surface area contributed by atoms with Crippen molar-refractivity contribution in [2.45, 2.75) is 32.3 Å². The number of hydrogen-bond donors (Lipinski definition) is 1. The lowest BCUT2D eigenvalue weighted by atomic mass is 10.00. The molecule has 4 heteroatoms. The number of aliphatic hydroxyl groups is 1. The summed E-state index contributed by atoms with van der Waals surface area (Å²) in [5.41, 5.74) is 0. The zero-order valence-electron chi connectivity index (χ0n) is 7.74. The SMILES string of the molecule is CCC(c1ncc(Br)cn1)C(C)O. The average Bonchev–Trinajstić information content (AvgIpc) is 2.09. The summed E-state index contributed by atoms with van der Waals surface area (Å²) in [7, 11) is 0. The van der Waals surface area contributed by atoms with E-state index in [0.29, 0.717) is 5.82 Å². The van der Waals surface area contributed by atoms with Gasteiger partial charge in [0.15, 0.2) is 0 Å². The van der Waals surface area contributed by atoms with Crippen LogP contribution in [-0.4, -0.2) is 21.2 Å². The second-order valence-electron chi connectivity index (χ2n) is 3.01. The molecule has 1 heterocycles. The van der Waals surface area contributed by atoms with Gasteiger partial charge in [0.05, 0.1) is 10.6 Å². The van der Waals surface area contributed by atoms with Crippen LogP contribution in [0.25, 0.3) is 0 Å². The van der Waals surface area contributed by atoms with E-state index in [0.717, 1.165) is 10.9 Å². The third-order valence-corrected chi connectivity index (χ3v) is 2.40. The van der Waals surface area contributed by atoms with Gasteiger partial charge < -0.3 is 5.11 Å². The van der Waals surface area contributed by atoms with Crippen molar-refractivity contribution >= 4 is 15.9 Å². The minimum absolute atomic E-state index is 0.0353. The highest BCUT2D eigenvalue weighted by Crippen LogP contribution is 2.20. The molecule has 1 rings (SSSR count). The van der Waals surface area contributed by atoms with Crippen LogP contribution in [0.4, 0.5) is 0 Å². The van der Waals surface area contributed by atoms with Gasteiger partial charge in [-0.15, -0.1) is 0 Å². The lowest BCUT2D eigenvalue weighted by Crippen LogP contribution is -2.16. The highest BCUT2D eigenvalue weighted by atomic mass is 79.9. The fraction of sp³-hybridized carbons (Fsp3) is 0.556. The number of aromatic nitrogens is 2. The van der Waals surface area contributed by atoms with Crippen LogP contribution in [0.3, 0.4) is 0 Å². The van der Waals surface area contributed by atoms with Gasteiger partial charge in [-0.05, 0) is 29.3 Å². The average molecular weight is 245 g/mol. The predicted molar refractivity (Wildman–Crippen MR) is 54.4 cm³/mol. The Morgan fingerprint density at radius 2 is 2.00 bits per heavy atom. The molecule has 0 aliphatic heterocycles. The van der Waals surface area contributed by atoms with Gasteiger partial charge in [0.1, 0.15) is 5.82 Å². The summed E-state index contributed by atoms with van der Waals surface area (Å²) in [6.07, 6.45) is 3.85. The van der Waals surface area contributed by atoms with E-state index < -0.39 is 6.10 Å². The van der Waals surface area contributed by atoms with E-state index in [1.54, 1.807) is 19.3 Å². The maximum absolute atomic E-state index is 9.44. The zero-order valence-corrected chi connectivity index (χ0v) is 9.32. The first-order chi connectivity index (χ1) is 6.15. The first kappa shape index (κ1) is 10.6. The van der Waals surface area contributed by atoms with Crippen molar-refractivity contribution in [1.82, 2.24) is 9.97 Å². The minimum atomic E-state index is -0.397. The van der Waals surface area contributed by atoms with Gasteiger partial charge in [0, 0.05) is 18.3 Å². The van der Waals surface area contributed by atoms with Crippen LogP contribution < -0.4 is 0 Å². The quantitative estimate of drug-likeness (QED) is 0.887. The van der Waals surface area contributed by atoms with Crippen molar-refractivity contribution < 1.29 is 5.11 Å². The Kier molecular flexibility index (Phi) is 3.81. The number of halogens is 1. The monoisotopic (exact) mass is 244 g/mol. The molecule has 72 valence electrons. The third kappa shape index (κ3) is 2.74. The Morgan fingerprint density at radius 1 is 1.46 bits per heavy atom. The minimum Gasteiger partial charge on any atom is -0.393 e. The third-order valence-electron chi connectivity index (χ3n) is 1.99. The molecule has 0 spiro atoms. The van der Waals surface area contributed by atoms with Crippen molar-refractivity contribution in [3.8, 4) is 0 Å². The van der Waals surface area contributed by atoms with Crippen molar-refractivity contribution in [2.24, 2.45) is 0 Å². The molecule has 0 radical (unpaired) electrons. The largest absolute Gasteiger partial charge is 0.393 e. The van der Waals surface area contributed by atoms with E-state index in [1.807, 2.05) is 6.92 Å². The number of nitrogens with zero attached hydrogens (tertiary/aromatic N) is 2. The molecule has 0 amide bonds. The number of rotatable bonds is 3. The van der Waals surface area contributed by atoms with Crippen molar-refractivity contribution in [3.05, 3.63) is 22.7 Å². The molecule has 2 atom stereocenters. The summed E-state index contributed by atoms with van der Waals surface area (Å²) in [4.78, 5) is 8.31. The summed E-state index contributed by atoms with van der Waals surface area (Å²) in [5.74, 6) is 0.744. The van der Waals surface area contributed by atoms with E-state index >= 15 is 0 Å². The van der Waals surface area contributed by atoms with Crippen LogP contribution >= 0.6 is 15.9 Å². The summed E-state index contributed by atoms with van der Waals surface area (Å²) in [5, 5.41) is 9.44. The maximum atomic E-state index is 9.44. The van der Waals surface area contributed by atoms with E-state index in [1.165, 1.54) is 0 Å². The molecule has 0 fully saturated rings. The Morgan fingerprint density at radius 3 is 2.38 bits per heavy atom. The van der Waals surface area contributed by atoms with Crippen molar-refractivity contribution in [3.63, 3.8) is 0 Å². The van der Waals surface area contributed by atoms with E-state index in [4.69, 9.17) is 0 Å². The first-order valence-corrected chi connectivity index (χ1v) is 5.10. The highest BCUT2D eigenvalue weighted by molar-refractivity contribution is 9.10. The van der Waals surface area contributed by atoms with Gasteiger partial charge in [0.25, 0.3) is 0 Å². The Hall–Kier alpha value is -0.480. The van der Waals surface area contributed by atoms with E-state index in [9.17, 15) is 5.11 Å². The molecule has 1 aromatic rings. The Balaban J connectivity index is 2.86. The standard InChI is InChI=1S/C9H13BrN2O/c1-3-8(6(2)13)9-11-4-7(10)5-12-9/h4-6,8,13H,3H2,1-2H3. The maximum Gasteiger partial charge on any atom is 0.133 e. The lowest BCUT2D eigenvalue weighted by molar-refractivity contribution is 0.156. The molecular weight excluding hydrogens is 232 g/mol. The van der Waals surface area contributed by atoms with Gasteiger partial charge in [-0.1, -0.05) is 6.92 Å². The molecule has 0 saturated carbocycles. The second-order valence-corrected chi connectivity index (χ2v) is 3.93. The number of aliphatic hydroxyl groups excluding tert-OH is 1.